The van der Waals surface area contributed by atoms with Crippen LogP contribution in [0.2, 0.25) is 0 Å². The van der Waals surface area contributed by atoms with Gasteiger partial charge in [-0.2, -0.15) is 0 Å². The maximum Gasteiger partial charge on any atom is 0.0340 e. The third kappa shape index (κ3) is 4.71. The number of benzene rings is 2. The van der Waals surface area contributed by atoms with Gasteiger partial charge in [-0.25, -0.2) is 0 Å². The van der Waals surface area contributed by atoms with Crippen molar-refractivity contribution in [2.45, 2.75) is 19.4 Å². The molecule has 0 aliphatic heterocycles. The van der Waals surface area contributed by atoms with Crippen molar-refractivity contribution in [3.63, 3.8) is 0 Å². The molecule has 0 aromatic heterocycles. The lowest BCUT2D eigenvalue weighted by Crippen LogP contribution is -2.36. The van der Waals surface area contributed by atoms with E-state index in [0.29, 0.717) is 6.04 Å². The number of hydrogen-bond acceptors (Lipinski definition) is 2. The number of nitrogens with zero attached hydrogens (tertiary/aromatic N) is 1. The van der Waals surface area contributed by atoms with Gasteiger partial charge < -0.3 is 10.2 Å². The Morgan fingerprint density at radius 2 is 1.55 bits per heavy atom. The third-order valence-electron chi connectivity index (χ3n) is 3.72. The Bertz CT molecular complexity index is 434. The summed E-state index contributed by atoms with van der Waals surface area (Å²) >= 11 is 0. The van der Waals surface area contributed by atoms with Crippen LogP contribution < -0.4 is 5.32 Å². The minimum atomic E-state index is 0.513. The Hall–Kier alpha value is -1.80. The van der Waals surface area contributed by atoms with Crippen LogP contribution in [0.1, 0.15) is 12.5 Å². The molecule has 0 fully saturated rings. The summed E-state index contributed by atoms with van der Waals surface area (Å²) in [5, 5.41) is 3.48. The molecule has 0 aliphatic rings. The highest BCUT2D eigenvalue weighted by Crippen LogP contribution is 2.07. The third-order valence-corrected chi connectivity index (χ3v) is 3.72. The lowest BCUT2D eigenvalue weighted by Gasteiger charge is -2.25. The molecule has 0 spiro atoms. The summed E-state index contributed by atoms with van der Waals surface area (Å²) in [7, 11) is 2.19. The van der Waals surface area contributed by atoms with Gasteiger partial charge in [-0.15, -0.1) is 0 Å². The number of para-hydroxylation sites is 1. The van der Waals surface area contributed by atoms with Gasteiger partial charge in [0.2, 0.25) is 0 Å². The van der Waals surface area contributed by atoms with Gasteiger partial charge in [0.1, 0.15) is 0 Å². The number of nitrogens with one attached hydrogen (secondary N) is 1. The Labute approximate surface area is 122 Å². The summed E-state index contributed by atoms with van der Waals surface area (Å²) in [5.74, 6) is 0. The fourth-order valence-corrected chi connectivity index (χ4v) is 2.15. The second-order valence-electron chi connectivity index (χ2n) is 5.31. The number of rotatable bonds is 7. The van der Waals surface area contributed by atoms with E-state index in [0.717, 1.165) is 19.5 Å². The molecule has 2 rings (SSSR count). The molecule has 0 amide bonds. The van der Waals surface area contributed by atoms with Crippen LogP contribution in [-0.4, -0.2) is 31.1 Å². The van der Waals surface area contributed by atoms with Gasteiger partial charge in [-0.1, -0.05) is 48.5 Å². The molecule has 2 aromatic carbocycles. The fraction of sp³-hybridized carbons (Fsp3) is 0.333. The Morgan fingerprint density at radius 3 is 2.20 bits per heavy atom. The minimum absolute atomic E-state index is 0.513. The van der Waals surface area contributed by atoms with Crippen molar-refractivity contribution in [3.05, 3.63) is 66.2 Å². The van der Waals surface area contributed by atoms with Crippen LogP contribution in [0.15, 0.2) is 60.7 Å². The number of anilines is 1. The Balaban J connectivity index is 1.73. The fourth-order valence-electron chi connectivity index (χ4n) is 2.15. The Morgan fingerprint density at radius 1 is 0.950 bits per heavy atom. The SMILES string of the molecule is C[C@@H](CNc1ccccc1)N(C)CCc1ccccc1. The molecule has 0 bridgehead atoms. The van der Waals surface area contributed by atoms with Crippen molar-refractivity contribution in [1.82, 2.24) is 4.90 Å². The quantitative estimate of drug-likeness (QED) is 0.824. The second kappa shape index (κ2) is 7.71. The molecule has 1 atom stereocenters. The average molecular weight is 268 g/mol. The van der Waals surface area contributed by atoms with Crippen molar-refractivity contribution in [3.8, 4) is 0 Å². The highest BCUT2D eigenvalue weighted by atomic mass is 15.1. The van der Waals surface area contributed by atoms with E-state index >= 15 is 0 Å². The molecule has 0 saturated carbocycles. The van der Waals surface area contributed by atoms with Crippen LogP contribution in [0.5, 0.6) is 0 Å². The maximum atomic E-state index is 3.48. The molecule has 0 aliphatic carbocycles. The number of hydrogen-bond donors (Lipinski definition) is 1. The van der Waals surface area contributed by atoms with Crippen molar-refractivity contribution in [2.24, 2.45) is 0 Å². The van der Waals surface area contributed by atoms with Crippen molar-refractivity contribution >= 4 is 5.69 Å². The first kappa shape index (κ1) is 14.6. The van der Waals surface area contributed by atoms with E-state index in [1.54, 1.807) is 0 Å². The molecule has 0 unspecified atom stereocenters. The first-order chi connectivity index (χ1) is 9.75. The first-order valence-electron chi connectivity index (χ1n) is 7.29. The van der Waals surface area contributed by atoms with E-state index in [1.807, 2.05) is 6.07 Å². The second-order valence-corrected chi connectivity index (χ2v) is 5.31. The van der Waals surface area contributed by atoms with Crippen LogP contribution in [-0.2, 0) is 6.42 Å². The molecule has 106 valence electrons. The summed E-state index contributed by atoms with van der Waals surface area (Å²) in [6.07, 6.45) is 1.10. The maximum absolute atomic E-state index is 3.48. The van der Waals surface area contributed by atoms with Crippen molar-refractivity contribution in [2.75, 3.05) is 25.5 Å². The van der Waals surface area contributed by atoms with Gasteiger partial charge in [0.15, 0.2) is 0 Å². The predicted molar refractivity (Wildman–Crippen MR) is 87.2 cm³/mol. The van der Waals surface area contributed by atoms with E-state index < -0.39 is 0 Å². The molecular weight excluding hydrogens is 244 g/mol. The molecule has 1 N–H and O–H groups in total. The van der Waals surface area contributed by atoms with Crippen LogP contribution in [0.25, 0.3) is 0 Å². The molecule has 20 heavy (non-hydrogen) atoms. The average Bonchev–Trinajstić information content (AvgIpc) is 2.52. The molecule has 2 aromatic rings. The van der Waals surface area contributed by atoms with E-state index in [-0.39, 0.29) is 0 Å². The predicted octanol–water partition coefficient (Wildman–Crippen LogP) is 3.66. The zero-order valence-corrected chi connectivity index (χ0v) is 12.4. The molecule has 0 saturated heterocycles. The lowest BCUT2D eigenvalue weighted by molar-refractivity contribution is 0.270. The van der Waals surface area contributed by atoms with Crippen LogP contribution in [0, 0.1) is 0 Å². The largest absolute Gasteiger partial charge is 0.383 e. The van der Waals surface area contributed by atoms with Crippen LogP contribution in [0.4, 0.5) is 5.69 Å². The van der Waals surface area contributed by atoms with Crippen molar-refractivity contribution < 1.29 is 0 Å². The standard InChI is InChI=1S/C18H24N2/c1-16(15-19-18-11-7-4-8-12-18)20(2)14-13-17-9-5-3-6-10-17/h3-12,16,19H,13-15H2,1-2H3/t16-/m0/s1. The van der Waals surface area contributed by atoms with Crippen molar-refractivity contribution in [1.29, 1.82) is 0 Å². The lowest BCUT2D eigenvalue weighted by atomic mass is 10.1. The van der Waals surface area contributed by atoms with Crippen LogP contribution in [0.3, 0.4) is 0 Å². The molecule has 0 radical (unpaired) electrons. The van der Waals surface area contributed by atoms with Gasteiger partial charge in [-0.05, 0) is 38.1 Å². The molecule has 2 heteroatoms. The zero-order valence-electron chi connectivity index (χ0n) is 12.4. The minimum Gasteiger partial charge on any atom is -0.383 e. The van der Waals surface area contributed by atoms with Gasteiger partial charge >= 0.3 is 0 Å². The van der Waals surface area contributed by atoms with Gasteiger partial charge in [0, 0.05) is 24.8 Å². The number of likely N-dealkylation sites (N-methyl/N-ethyl adjacent to an activating group) is 1. The van der Waals surface area contributed by atoms with E-state index in [9.17, 15) is 0 Å². The smallest absolute Gasteiger partial charge is 0.0340 e. The van der Waals surface area contributed by atoms with Gasteiger partial charge in [-0.3, -0.25) is 0 Å². The highest BCUT2D eigenvalue weighted by molar-refractivity contribution is 5.42. The van der Waals surface area contributed by atoms with E-state index in [2.05, 4.69) is 78.8 Å². The highest BCUT2D eigenvalue weighted by Gasteiger charge is 2.08. The van der Waals surface area contributed by atoms with Gasteiger partial charge in [0.05, 0.1) is 0 Å². The first-order valence-corrected chi connectivity index (χ1v) is 7.29. The van der Waals surface area contributed by atoms with E-state index in [4.69, 9.17) is 0 Å². The van der Waals surface area contributed by atoms with Gasteiger partial charge in [0.25, 0.3) is 0 Å². The summed E-state index contributed by atoms with van der Waals surface area (Å²) in [5.41, 5.74) is 2.60. The monoisotopic (exact) mass is 268 g/mol. The zero-order chi connectivity index (χ0) is 14.2. The molecule has 2 nitrogen and oxygen atoms in total. The Kier molecular flexibility index (Phi) is 5.63. The normalized spacial score (nSPS) is 12.3. The summed E-state index contributed by atoms with van der Waals surface area (Å²) in [4.78, 5) is 2.41. The van der Waals surface area contributed by atoms with Crippen LogP contribution >= 0.6 is 0 Å². The summed E-state index contributed by atoms with van der Waals surface area (Å²) < 4.78 is 0. The van der Waals surface area contributed by atoms with E-state index in [1.165, 1.54) is 11.3 Å². The molecule has 0 heterocycles. The topological polar surface area (TPSA) is 15.3 Å². The summed E-state index contributed by atoms with van der Waals surface area (Å²) in [6.45, 7) is 4.32. The summed E-state index contributed by atoms with van der Waals surface area (Å²) in [6, 6.07) is 21.6. The molecular formula is C18H24N2.